The van der Waals surface area contributed by atoms with E-state index in [1.807, 2.05) is 25.7 Å². The van der Waals surface area contributed by atoms with Gasteiger partial charge in [-0.15, -0.1) is 0 Å². The minimum Gasteiger partial charge on any atom is -0.342 e. The molecular formula is C17H27N3O. The number of likely N-dealkylation sites (N-methyl/N-ethyl adjacent to an activating group) is 1. The monoisotopic (exact) mass is 289 g/mol. The molecule has 0 fully saturated rings. The number of fused-ring (bicyclic) bond motifs is 1. The molecule has 0 saturated carbocycles. The van der Waals surface area contributed by atoms with Gasteiger partial charge in [-0.1, -0.05) is 24.3 Å². The maximum absolute atomic E-state index is 12.4. The fraction of sp³-hybridized carbons (Fsp3) is 0.588. The number of hydrogen-bond donors (Lipinski definition) is 2. The summed E-state index contributed by atoms with van der Waals surface area (Å²) in [5.74, 6) is 0.190. The zero-order valence-corrected chi connectivity index (χ0v) is 13.4. The second kappa shape index (κ2) is 7.57. The van der Waals surface area contributed by atoms with Crippen molar-refractivity contribution in [2.24, 2.45) is 0 Å². The molecule has 1 aliphatic rings. The lowest BCUT2D eigenvalue weighted by molar-refractivity contribution is -0.132. The van der Waals surface area contributed by atoms with Crippen LogP contribution in [0.25, 0.3) is 0 Å². The summed E-state index contributed by atoms with van der Waals surface area (Å²) in [6.07, 6.45) is 1.01. The number of benzene rings is 1. The number of nitrogens with one attached hydrogen (secondary N) is 2. The molecule has 2 atom stereocenters. The van der Waals surface area contributed by atoms with E-state index in [2.05, 4.69) is 34.9 Å². The van der Waals surface area contributed by atoms with Crippen LogP contribution in [-0.2, 0) is 11.3 Å². The molecule has 1 amide bonds. The van der Waals surface area contributed by atoms with Crippen LogP contribution < -0.4 is 10.6 Å². The smallest absolute Gasteiger partial charge is 0.239 e. The van der Waals surface area contributed by atoms with Crippen molar-refractivity contribution in [1.29, 1.82) is 0 Å². The van der Waals surface area contributed by atoms with Gasteiger partial charge in [0.1, 0.15) is 0 Å². The standard InChI is InChI=1S/C17H27N3O/c1-4-20(5-2)17(21)13(3)19-16-10-11-18-12-14-8-6-7-9-15(14)16/h6-9,13,16,18-19H,4-5,10-12H2,1-3H3. The van der Waals surface area contributed by atoms with Gasteiger partial charge in [-0.3, -0.25) is 10.1 Å². The lowest BCUT2D eigenvalue weighted by Crippen LogP contribution is -2.46. The molecule has 2 rings (SSSR count). The Hall–Kier alpha value is -1.39. The zero-order chi connectivity index (χ0) is 15.2. The molecule has 0 radical (unpaired) electrons. The Labute approximate surface area is 127 Å². The van der Waals surface area contributed by atoms with E-state index in [0.29, 0.717) is 0 Å². The molecule has 0 saturated heterocycles. The van der Waals surface area contributed by atoms with Crippen molar-refractivity contribution in [3.8, 4) is 0 Å². The van der Waals surface area contributed by atoms with E-state index in [4.69, 9.17) is 0 Å². The SMILES string of the molecule is CCN(CC)C(=O)C(C)NC1CCNCc2ccccc21. The second-order valence-corrected chi connectivity index (χ2v) is 5.62. The van der Waals surface area contributed by atoms with Gasteiger partial charge in [0.15, 0.2) is 0 Å². The maximum atomic E-state index is 12.4. The van der Waals surface area contributed by atoms with Crippen molar-refractivity contribution in [2.45, 2.75) is 45.8 Å². The average molecular weight is 289 g/mol. The predicted octanol–water partition coefficient (Wildman–Crippen LogP) is 2.07. The fourth-order valence-electron chi connectivity index (χ4n) is 3.02. The summed E-state index contributed by atoms with van der Waals surface area (Å²) >= 11 is 0. The van der Waals surface area contributed by atoms with Crippen molar-refractivity contribution in [1.82, 2.24) is 15.5 Å². The number of hydrogen-bond acceptors (Lipinski definition) is 3. The molecule has 4 nitrogen and oxygen atoms in total. The molecule has 0 spiro atoms. The topological polar surface area (TPSA) is 44.4 Å². The molecule has 116 valence electrons. The second-order valence-electron chi connectivity index (χ2n) is 5.62. The third kappa shape index (κ3) is 3.83. The fourth-order valence-corrected chi connectivity index (χ4v) is 3.02. The van der Waals surface area contributed by atoms with Gasteiger partial charge in [-0.2, -0.15) is 0 Å². The minimum absolute atomic E-state index is 0.152. The van der Waals surface area contributed by atoms with Crippen molar-refractivity contribution in [3.63, 3.8) is 0 Å². The largest absolute Gasteiger partial charge is 0.342 e. The van der Waals surface area contributed by atoms with E-state index < -0.39 is 0 Å². The first-order chi connectivity index (χ1) is 10.2. The molecule has 0 aromatic heterocycles. The van der Waals surface area contributed by atoms with E-state index in [-0.39, 0.29) is 18.0 Å². The van der Waals surface area contributed by atoms with E-state index in [1.54, 1.807) is 0 Å². The zero-order valence-electron chi connectivity index (χ0n) is 13.4. The van der Waals surface area contributed by atoms with Crippen LogP contribution in [0.5, 0.6) is 0 Å². The summed E-state index contributed by atoms with van der Waals surface area (Å²) < 4.78 is 0. The van der Waals surface area contributed by atoms with Gasteiger partial charge < -0.3 is 10.2 Å². The van der Waals surface area contributed by atoms with Crippen molar-refractivity contribution < 1.29 is 4.79 Å². The predicted molar refractivity (Wildman–Crippen MR) is 86.0 cm³/mol. The Morgan fingerprint density at radius 3 is 2.81 bits per heavy atom. The van der Waals surface area contributed by atoms with Crippen LogP contribution in [0.2, 0.25) is 0 Å². The third-order valence-electron chi connectivity index (χ3n) is 4.25. The first kappa shape index (κ1) is 16.0. The van der Waals surface area contributed by atoms with Crippen LogP contribution in [-0.4, -0.2) is 36.5 Å². The molecule has 1 heterocycles. The van der Waals surface area contributed by atoms with Gasteiger partial charge in [0.25, 0.3) is 0 Å². The lowest BCUT2D eigenvalue weighted by Gasteiger charge is -2.27. The van der Waals surface area contributed by atoms with Crippen LogP contribution in [0.1, 0.15) is 44.4 Å². The highest BCUT2D eigenvalue weighted by Crippen LogP contribution is 2.24. The van der Waals surface area contributed by atoms with E-state index in [9.17, 15) is 4.79 Å². The van der Waals surface area contributed by atoms with Gasteiger partial charge in [0, 0.05) is 25.7 Å². The van der Waals surface area contributed by atoms with Crippen LogP contribution in [0.4, 0.5) is 0 Å². The maximum Gasteiger partial charge on any atom is 0.239 e. The third-order valence-corrected chi connectivity index (χ3v) is 4.25. The summed E-state index contributed by atoms with van der Waals surface area (Å²) in [6.45, 7) is 9.44. The summed E-state index contributed by atoms with van der Waals surface area (Å²) in [5, 5.41) is 6.98. The summed E-state index contributed by atoms with van der Waals surface area (Å²) in [7, 11) is 0. The van der Waals surface area contributed by atoms with Crippen LogP contribution in [0.15, 0.2) is 24.3 Å². The van der Waals surface area contributed by atoms with Gasteiger partial charge in [-0.25, -0.2) is 0 Å². The minimum atomic E-state index is -0.152. The molecule has 2 N–H and O–H groups in total. The number of carbonyl (C=O) groups excluding carboxylic acids is 1. The van der Waals surface area contributed by atoms with Gasteiger partial charge in [0.05, 0.1) is 6.04 Å². The van der Waals surface area contributed by atoms with Gasteiger partial charge in [-0.05, 0) is 44.9 Å². The lowest BCUT2D eigenvalue weighted by atomic mass is 9.98. The molecule has 1 aromatic rings. The average Bonchev–Trinajstić information content (AvgIpc) is 2.71. The molecule has 0 bridgehead atoms. The first-order valence-corrected chi connectivity index (χ1v) is 8.00. The van der Waals surface area contributed by atoms with Crippen LogP contribution in [0.3, 0.4) is 0 Å². The first-order valence-electron chi connectivity index (χ1n) is 8.00. The van der Waals surface area contributed by atoms with Crippen molar-refractivity contribution in [3.05, 3.63) is 35.4 Å². The highest BCUT2D eigenvalue weighted by molar-refractivity contribution is 5.81. The highest BCUT2D eigenvalue weighted by Gasteiger charge is 2.24. The molecule has 4 heteroatoms. The number of carbonyl (C=O) groups is 1. The van der Waals surface area contributed by atoms with Crippen LogP contribution in [0, 0.1) is 0 Å². The summed E-state index contributed by atoms with van der Waals surface area (Å²) in [5.41, 5.74) is 2.65. The van der Waals surface area contributed by atoms with Crippen molar-refractivity contribution >= 4 is 5.91 Å². The number of nitrogens with zero attached hydrogens (tertiary/aromatic N) is 1. The van der Waals surface area contributed by atoms with Gasteiger partial charge in [0.2, 0.25) is 5.91 Å². The Balaban J connectivity index is 2.10. The van der Waals surface area contributed by atoms with E-state index in [0.717, 1.165) is 32.6 Å². The number of amides is 1. The number of rotatable bonds is 5. The Kier molecular flexibility index (Phi) is 5.76. The Bertz CT molecular complexity index is 471. The normalized spacial score (nSPS) is 19.5. The molecule has 2 unspecified atom stereocenters. The molecule has 0 aliphatic carbocycles. The highest BCUT2D eigenvalue weighted by atomic mass is 16.2. The molecule has 1 aromatic carbocycles. The van der Waals surface area contributed by atoms with E-state index >= 15 is 0 Å². The van der Waals surface area contributed by atoms with E-state index in [1.165, 1.54) is 11.1 Å². The van der Waals surface area contributed by atoms with Crippen molar-refractivity contribution in [2.75, 3.05) is 19.6 Å². The summed E-state index contributed by atoms with van der Waals surface area (Å²) in [4.78, 5) is 14.3. The Morgan fingerprint density at radius 1 is 1.38 bits per heavy atom. The van der Waals surface area contributed by atoms with Gasteiger partial charge >= 0.3 is 0 Å². The van der Waals surface area contributed by atoms with Crippen LogP contribution >= 0.6 is 0 Å². The summed E-state index contributed by atoms with van der Waals surface area (Å²) in [6, 6.07) is 8.59. The molecule has 1 aliphatic heterocycles. The Morgan fingerprint density at radius 2 is 2.10 bits per heavy atom. The molecular weight excluding hydrogens is 262 g/mol. The quantitative estimate of drug-likeness (QED) is 0.872. The molecule has 21 heavy (non-hydrogen) atoms.